The van der Waals surface area contributed by atoms with Crippen molar-refractivity contribution in [3.63, 3.8) is 0 Å². The number of rotatable bonds is 6. The van der Waals surface area contributed by atoms with Crippen molar-refractivity contribution in [1.29, 1.82) is 0 Å². The smallest absolute Gasteiger partial charge is 0.132 e. The lowest BCUT2D eigenvalue weighted by Gasteiger charge is -2.22. The first-order chi connectivity index (χ1) is 14.1. The van der Waals surface area contributed by atoms with Gasteiger partial charge in [0.05, 0.1) is 10.0 Å². The van der Waals surface area contributed by atoms with E-state index < -0.39 is 0 Å². The summed E-state index contributed by atoms with van der Waals surface area (Å²) in [5.74, 6) is 0.837. The summed E-state index contributed by atoms with van der Waals surface area (Å²) in [7, 11) is 0. The molecule has 0 radical (unpaired) electrons. The Balaban J connectivity index is 1.49. The normalized spacial score (nSPS) is 18.7. The number of nitrogens with one attached hydrogen (secondary N) is 2. The van der Waals surface area contributed by atoms with Crippen molar-refractivity contribution in [3.8, 4) is 11.5 Å². The molecule has 0 aromatic heterocycles. The summed E-state index contributed by atoms with van der Waals surface area (Å²) in [6.07, 6.45) is 0.998. The van der Waals surface area contributed by atoms with E-state index in [-0.39, 0.29) is 17.9 Å². The maximum absolute atomic E-state index is 13.9. The first-order valence-corrected chi connectivity index (χ1v) is 10.3. The minimum atomic E-state index is -0.299. The fourth-order valence-corrected chi connectivity index (χ4v) is 3.92. The van der Waals surface area contributed by atoms with Gasteiger partial charge in [-0.2, -0.15) is 0 Å². The monoisotopic (exact) mass is 430 g/mol. The molecule has 1 aliphatic heterocycles. The predicted octanol–water partition coefficient (Wildman–Crippen LogP) is 6.12. The second-order valence-corrected chi connectivity index (χ2v) is 7.86. The van der Waals surface area contributed by atoms with Crippen molar-refractivity contribution < 1.29 is 9.13 Å². The summed E-state index contributed by atoms with van der Waals surface area (Å²) in [4.78, 5) is 0. The van der Waals surface area contributed by atoms with E-state index in [1.807, 2.05) is 18.2 Å². The Kier molecular flexibility index (Phi) is 6.36. The molecule has 0 unspecified atom stereocenters. The Morgan fingerprint density at radius 3 is 2.62 bits per heavy atom. The number of benzene rings is 3. The maximum atomic E-state index is 13.9. The van der Waals surface area contributed by atoms with E-state index in [2.05, 4.69) is 22.8 Å². The first-order valence-electron chi connectivity index (χ1n) is 9.53. The zero-order chi connectivity index (χ0) is 20.2. The van der Waals surface area contributed by atoms with Crippen LogP contribution in [0.5, 0.6) is 11.5 Å². The highest BCUT2D eigenvalue weighted by Crippen LogP contribution is 2.32. The van der Waals surface area contributed by atoms with Crippen LogP contribution in [-0.4, -0.2) is 12.6 Å². The zero-order valence-electron chi connectivity index (χ0n) is 15.7. The minimum absolute atomic E-state index is 0.226. The van der Waals surface area contributed by atoms with Crippen LogP contribution >= 0.6 is 23.2 Å². The second kappa shape index (κ2) is 9.14. The maximum Gasteiger partial charge on any atom is 0.132 e. The van der Waals surface area contributed by atoms with Gasteiger partial charge in [-0.3, -0.25) is 0 Å². The van der Waals surface area contributed by atoms with Crippen molar-refractivity contribution in [3.05, 3.63) is 93.7 Å². The van der Waals surface area contributed by atoms with Gasteiger partial charge in [-0.25, -0.2) is 4.39 Å². The van der Waals surface area contributed by atoms with Gasteiger partial charge < -0.3 is 15.4 Å². The molecule has 29 heavy (non-hydrogen) atoms. The Labute approximate surface area is 179 Å². The molecule has 0 bridgehead atoms. The van der Waals surface area contributed by atoms with E-state index in [0.29, 0.717) is 28.1 Å². The molecule has 1 saturated heterocycles. The van der Waals surface area contributed by atoms with Crippen LogP contribution in [0.25, 0.3) is 0 Å². The van der Waals surface area contributed by atoms with Crippen LogP contribution in [0, 0.1) is 5.82 Å². The van der Waals surface area contributed by atoms with Crippen LogP contribution in [0.1, 0.15) is 23.6 Å². The van der Waals surface area contributed by atoms with Crippen LogP contribution in [0.2, 0.25) is 10.0 Å². The molecule has 0 saturated carbocycles. The SMILES string of the molecule is Fc1ccc(Oc2ccc(Cl)c(Cl)c2)c(CN[C@H]2CCN[C@H]2c2ccccc2)c1. The van der Waals surface area contributed by atoms with E-state index in [1.54, 1.807) is 24.3 Å². The molecule has 2 atom stereocenters. The lowest BCUT2D eigenvalue weighted by Crippen LogP contribution is -2.34. The summed E-state index contributed by atoms with van der Waals surface area (Å²) >= 11 is 12.0. The summed E-state index contributed by atoms with van der Waals surface area (Å²) in [5, 5.41) is 7.98. The van der Waals surface area contributed by atoms with Crippen LogP contribution in [0.3, 0.4) is 0 Å². The molecule has 2 N–H and O–H groups in total. The van der Waals surface area contributed by atoms with Crippen molar-refractivity contribution in [1.82, 2.24) is 10.6 Å². The molecule has 0 spiro atoms. The van der Waals surface area contributed by atoms with E-state index in [4.69, 9.17) is 27.9 Å². The lowest BCUT2D eigenvalue weighted by atomic mass is 10.0. The number of hydrogen-bond donors (Lipinski definition) is 2. The summed E-state index contributed by atoms with van der Waals surface area (Å²) in [6, 6.07) is 20.4. The van der Waals surface area contributed by atoms with Crippen LogP contribution in [0.15, 0.2) is 66.7 Å². The molecular formula is C23H21Cl2FN2O. The predicted molar refractivity (Wildman–Crippen MR) is 115 cm³/mol. The van der Waals surface area contributed by atoms with Crippen LogP contribution in [-0.2, 0) is 6.54 Å². The van der Waals surface area contributed by atoms with Gasteiger partial charge in [0.2, 0.25) is 0 Å². The van der Waals surface area contributed by atoms with Crippen molar-refractivity contribution in [2.75, 3.05) is 6.54 Å². The topological polar surface area (TPSA) is 33.3 Å². The van der Waals surface area contributed by atoms with E-state index >= 15 is 0 Å². The molecule has 6 heteroatoms. The fourth-order valence-electron chi connectivity index (χ4n) is 3.63. The van der Waals surface area contributed by atoms with Gasteiger partial charge in [0, 0.05) is 30.3 Å². The first kappa shape index (κ1) is 20.2. The number of hydrogen-bond acceptors (Lipinski definition) is 3. The Hall–Kier alpha value is -2.11. The molecular weight excluding hydrogens is 410 g/mol. The van der Waals surface area contributed by atoms with Gasteiger partial charge in [-0.05, 0) is 48.9 Å². The lowest BCUT2D eigenvalue weighted by molar-refractivity contribution is 0.441. The highest BCUT2D eigenvalue weighted by atomic mass is 35.5. The minimum Gasteiger partial charge on any atom is -0.457 e. The van der Waals surface area contributed by atoms with Crippen LogP contribution < -0.4 is 15.4 Å². The molecule has 0 aliphatic carbocycles. The quantitative estimate of drug-likeness (QED) is 0.494. The number of halogens is 3. The molecule has 150 valence electrons. The van der Waals surface area contributed by atoms with E-state index in [1.165, 1.54) is 17.7 Å². The molecule has 0 amide bonds. The largest absolute Gasteiger partial charge is 0.457 e. The number of ether oxygens (including phenoxy) is 1. The molecule has 3 nitrogen and oxygen atoms in total. The third-order valence-corrected chi connectivity index (χ3v) is 5.82. The third-order valence-electron chi connectivity index (χ3n) is 5.08. The van der Waals surface area contributed by atoms with Crippen molar-refractivity contribution >= 4 is 23.2 Å². The fraction of sp³-hybridized carbons (Fsp3) is 0.217. The van der Waals surface area contributed by atoms with Gasteiger partial charge >= 0.3 is 0 Å². The second-order valence-electron chi connectivity index (χ2n) is 7.05. The summed E-state index contributed by atoms with van der Waals surface area (Å²) in [5.41, 5.74) is 1.99. The van der Waals surface area contributed by atoms with Gasteiger partial charge in [0.15, 0.2) is 0 Å². The Morgan fingerprint density at radius 1 is 1.00 bits per heavy atom. The Bertz CT molecular complexity index is 984. The van der Waals surface area contributed by atoms with Crippen molar-refractivity contribution in [2.24, 2.45) is 0 Å². The van der Waals surface area contributed by atoms with Crippen molar-refractivity contribution in [2.45, 2.75) is 25.0 Å². The highest BCUT2D eigenvalue weighted by Gasteiger charge is 2.27. The highest BCUT2D eigenvalue weighted by molar-refractivity contribution is 6.42. The summed E-state index contributed by atoms with van der Waals surface area (Å²) in [6.45, 7) is 1.43. The van der Waals surface area contributed by atoms with Gasteiger partial charge in [-0.15, -0.1) is 0 Å². The molecule has 1 fully saturated rings. The average molecular weight is 431 g/mol. The van der Waals surface area contributed by atoms with Gasteiger partial charge in [-0.1, -0.05) is 53.5 Å². The summed E-state index contributed by atoms with van der Waals surface area (Å²) < 4.78 is 19.9. The third kappa shape index (κ3) is 4.90. The van der Waals surface area contributed by atoms with Crippen LogP contribution in [0.4, 0.5) is 4.39 Å². The zero-order valence-corrected chi connectivity index (χ0v) is 17.2. The molecule has 1 aliphatic rings. The van der Waals surface area contributed by atoms with Gasteiger partial charge in [0.25, 0.3) is 0 Å². The molecule has 3 aromatic carbocycles. The molecule has 3 aromatic rings. The van der Waals surface area contributed by atoms with Gasteiger partial charge in [0.1, 0.15) is 17.3 Å². The average Bonchev–Trinajstić information content (AvgIpc) is 3.20. The standard InChI is InChI=1S/C23H21Cl2FN2O/c24-19-8-7-18(13-20(19)25)29-22-9-6-17(26)12-16(22)14-28-21-10-11-27-23(21)15-4-2-1-3-5-15/h1-9,12-13,21,23,27-28H,10-11,14H2/t21-,23-/m0/s1. The molecule has 4 rings (SSSR count). The van der Waals surface area contributed by atoms with E-state index in [9.17, 15) is 4.39 Å². The Morgan fingerprint density at radius 2 is 1.83 bits per heavy atom. The molecule has 1 heterocycles. The van der Waals surface area contributed by atoms with E-state index in [0.717, 1.165) is 18.5 Å².